The van der Waals surface area contributed by atoms with Gasteiger partial charge in [0.25, 0.3) is 0 Å². The van der Waals surface area contributed by atoms with Gasteiger partial charge in [0.2, 0.25) is 11.8 Å². The Morgan fingerprint density at radius 3 is 2.78 bits per heavy atom. The molecule has 0 radical (unpaired) electrons. The number of hydrogen-bond donors (Lipinski definition) is 2. The van der Waals surface area contributed by atoms with Crippen LogP contribution < -0.4 is 15.5 Å². The maximum atomic E-state index is 11.6. The lowest BCUT2D eigenvalue weighted by Crippen LogP contribution is -2.30. The Labute approximate surface area is 143 Å². The third-order valence-corrected chi connectivity index (χ3v) is 3.25. The van der Waals surface area contributed by atoms with Crippen molar-refractivity contribution in [1.82, 2.24) is 10.7 Å². The lowest BCUT2D eigenvalue weighted by molar-refractivity contribution is -0.129. The van der Waals surface area contributed by atoms with Crippen molar-refractivity contribution in [3.05, 3.63) is 28.2 Å². The van der Waals surface area contributed by atoms with Gasteiger partial charge in [0.05, 0.1) is 13.3 Å². The van der Waals surface area contributed by atoms with Crippen molar-refractivity contribution in [1.29, 1.82) is 0 Å². The summed E-state index contributed by atoms with van der Waals surface area (Å²) in [6, 6.07) is 5.42. The first-order valence-corrected chi connectivity index (χ1v) is 7.77. The first-order valence-electron chi connectivity index (χ1n) is 6.98. The number of hydrogen-bond acceptors (Lipinski definition) is 5. The van der Waals surface area contributed by atoms with Crippen LogP contribution in [0, 0.1) is 0 Å². The molecule has 0 saturated carbocycles. The number of benzene rings is 1. The summed E-state index contributed by atoms with van der Waals surface area (Å²) in [4.78, 5) is 23.1. The highest BCUT2D eigenvalue weighted by Crippen LogP contribution is 2.21. The van der Waals surface area contributed by atoms with E-state index < -0.39 is 5.91 Å². The maximum absolute atomic E-state index is 11.6. The average molecular weight is 386 g/mol. The van der Waals surface area contributed by atoms with Crippen molar-refractivity contribution in [2.24, 2.45) is 5.10 Å². The largest absolute Gasteiger partial charge is 0.496 e. The van der Waals surface area contributed by atoms with E-state index in [1.807, 2.05) is 6.07 Å². The van der Waals surface area contributed by atoms with Crippen LogP contribution in [0.15, 0.2) is 27.8 Å². The molecule has 1 rings (SSSR count). The second-order valence-electron chi connectivity index (χ2n) is 4.55. The third-order valence-electron chi connectivity index (χ3n) is 2.75. The van der Waals surface area contributed by atoms with Crippen molar-refractivity contribution >= 4 is 34.0 Å². The van der Waals surface area contributed by atoms with E-state index >= 15 is 0 Å². The van der Waals surface area contributed by atoms with E-state index in [-0.39, 0.29) is 12.3 Å². The minimum atomic E-state index is -0.487. The molecule has 8 heteroatoms. The van der Waals surface area contributed by atoms with E-state index in [0.717, 1.165) is 4.47 Å². The van der Waals surface area contributed by atoms with Gasteiger partial charge in [-0.2, -0.15) is 5.10 Å². The molecule has 0 aromatic heterocycles. The van der Waals surface area contributed by atoms with Gasteiger partial charge >= 0.3 is 0 Å². The van der Waals surface area contributed by atoms with Crippen molar-refractivity contribution in [3.8, 4) is 5.75 Å². The first kappa shape index (κ1) is 19.1. The van der Waals surface area contributed by atoms with Crippen LogP contribution in [-0.2, 0) is 14.3 Å². The number of nitrogens with one attached hydrogen (secondary N) is 2. The fourth-order valence-corrected chi connectivity index (χ4v) is 2.05. The normalized spacial score (nSPS) is 10.6. The molecule has 0 aliphatic carbocycles. The Kier molecular flexibility index (Phi) is 8.93. The predicted molar refractivity (Wildman–Crippen MR) is 90.6 cm³/mol. The molecule has 126 valence electrons. The average Bonchev–Trinajstić information content (AvgIpc) is 2.52. The zero-order valence-electron chi connectivity index (χ0n) is 13.1. The number of hydrazone groups is 1. The molecule has 1 aromatic rings. The smallest absolute Gasteiger partial charge is 0.249 e. The van der Waals surface area contributed by atoms with Gasteiger partial charge in [-0.3, -0.25) is 9.59 Å². The SMILES string of the molecule is COCCCNC(=O)CC(=O)NN=Cc1cc(Br)ccc1OC. The molecule has 0 spiro atoms. The minimum absolute atomic E-state index is 0.278. The molecule has 2 N–H and O–H groups in total. The van der Waals surface area contributed by atoms with Crippen LogP contribution in [-0.4, -0.2) is 45.4 Å². The topological polar surface area (TPSA) is 89.0 Å². The second-order valence-corrected chi connectivity index (χ2v) is 5.47. The fourth-order valence-electron chi connectivity index (χ4n) is 1.67. The molecule has 0 unspecified atom stereocenters. The van der Waals surface area contributed by atoms with E-state index in [9.17, 15) is 9.59 Å². The summed E-state index contributed by atoms with van der Waals surface area (Å²) >= 11 is 3.35. The van der Waals surface area contributed by atoms with Crippen molar-refractivity contribution in [2.45, 2.75) is 12.8 Å². The van der Waals surface area contributed by atoms with Gasteiger partial charge in [0.1, 0.15) is 12.2 Å². The summed E-state index contributed by atoms with van der Waals surface area (Å²) < 4.78 is 10.9. The van der Waals surface area contributed by atoms with Gasteiger partial charge in [0, 0.05) is 30.3 Å². The second kappa shape index (κ2) is 10.7. The number of carbonyl (C=O) groups is 2. The van der Waals surface area contributed by atoms with Gasteiger partial charge in [-0.25, -0.2) is 5.43 Å². The van der Waals surface area contributed by atoms with Crippen LogP contribution in [0.25, 0.3) is 0 Å². The zero-order chi connectivity index (χ0) is 17.1. The molecular weight excluding hydrogens is 366 g/mol. The zero-order valence-corrected chi connectivity index (χ0v) is 14.7. The Bertz CT molecular complexity index is 564. The highest BCUT2D eigenvalue weighted by atomic mass is 79.9. The van der Waals surface area contributed by atoms with E-state index in [1.165, 1.54) is 6.21 Å². The van der Waals surface area contributed by atoms with Crippen LogP contribution in [0.4, 0.5) is 0 Å². The lowest BCUT2D eigenvalue weighted by atomic mass is 10.2. The van der Waals surface area contributed by atoms with Crippen LogP contribution in [0.3, 0.4) is 0 Å². The molecular formula is C15H20BrN3O4. The van der Waals surface area contributed by atoms with E-state index in [4.69, 9.17) is 9.47 Å². The quantitative estimate of drug-likeness (QED) is 0.291. The van der Waals surface area contributed by atoms with Gasteiger partial charge in [-0.05, 0) is 24.6 Å². The van der Waals surface area contributed by atoms with Crippen molar-refractivity contribution in [3.63, 3.8) is 0 Å². The molecule has 2 amide bonds. The van der Waals surface area contributed by atoms with Crippen LogP contribution in [0.2, 0.25) is 0 Å². The monoisotopic (exact) mass is 385 g/mol. The Morgan fingerprint density at radius 1 is 1.30 bits per heavy atom. The van der Waals surface area contributed by atoms with Gasteiger partial charge < -0.3 is 14.8 Å². The van der Waals surface area contributed by atoms with Crippen molar-refractivity contribution in [2.75, 3.05) is 27.4 Å². The summed E-state index contributed by atoms with van der Waals surface area (Å²) in [6.07, 6.45) is 1.88. The summed E-state index contributed by atoms with van der Waals surface area (Å²) in [5, 5.41) is 6.45. The predicted octanol–water partition coefficient (Wildman–Crippen LogP) is 1.45. The van der Waals surface area contributed by atoms with Gasteiger partial charge in [-0.15, -0.1) is 0 Å². The molecule has 0 heterocycles. The number of ether oxygens (including phenoxy) is 2. The number of nitrogens with zero attached hydrogens (tertiary/aromatic N) is 1. The molecule has 7 nitrogen and oxygen atoms in total. The Balaban J connectivity index is 2.41. The molecule has 0 fully saturated rings. The molecule has 1 aromatic carbocycles. The summed E-state index contributed by atoms with van der Waals surface area (Å²) in [6.45, 7) is 1.03. The number of rotatable bonds is 9. The fraction of sp³-hybridized carbons (Fsp3) is 0.400. The highest BCUT2D eigenvalue weighted by Gasteiger charge is 2.08. The summed E-state index contributed by atoms with van der Waals surface area (Å²) in [5.41, 5.74) is 3.01. The third kappa shape index (κ3) is 7.75. The molecule has 0 aliphatic rings. The Morgan fingerprint density at radius 2 is 2.09 bits per heavy atom. The van der Waals surface area contributed by atoms with Crippen LogP contribution in [0.1, 0.15) is 18.4 Å². The molecule has 0 atom stereocenters. The number of methoxy groups -OCH3 is 2. The van der Waals surface area contributed by atoms with E-state index in [0.29, 0.717) is 30.9 Å². The minimum Gasteiger partial charge on any atom is -0.496 e. The van der Waals surface area contributed by atoms with Gasteiger partial charge in [-0.1, -0.05) is 15.9 Å². The maximum Gasteiger partial charge on any atom is 0.249 e. The number of carbonyl (C=O) groups excluding carboxylic acids is 2. The van der Waals surface area contributed by atoms with Crippen molar-refractivity contribution < 1.29 is 19.1 Å². The summed E-state index contributed by atoms with van der Waals surface area (Å²) in [5.74, 6) is -0.213. The number of halogens is 1. The highest BCUT2D eigenvalue weighted by molar-refractivity contribution is 9.10. The van der Waals surface area contributed by atoms with E-state index in [1.54, 1.807) is 26.4 Å². The molecule has 0 saturated heterocycles. The molecule has 0 aliphatic heterocycles. The molecule has 0 bridgehead atoms. The summed E-state index contributed by atoms with van der Waals surface area (Å²) in [7, 11) is 3.14. The van der Waals surface area contributed by atoms with Gasteiger partial charge in [0.15, 0.2) is 0 Å². The standard InChI is InChI=1S/C15H20BrN3O4/c1-22-7-3-6-17-14(20)9-15(21)19-18-10-11-8-12(16)4-5-13(11)23-2/h4-5,8,10H,3,6-7,9H2,1-2H3,(H,17,20)(H,19,21). The molecule has 23 heavy (non-hydrogen) atoms. The van der Waals surface area contributed by atoms with Crippen LogP contribution >= 0.6 is 15.9 Å². The lowest BCUT2D eigenvalue weighted by Gasteiger charge is -2.05. The van der Waals surface area contributed by atoms with Crippen LogP contribution in [0.5, 0.6) is 5.75 Å². The first-order chi connectivity index (χ1) is 11.1. The van der Waals surface area contributed by atoms with E-state index in [2.05, 4.69) is 31.8 Å². The Hall–Kier alpha value is -1.93. The number of amides is 2.